The number of carbonyl (C=O) groups is 2. The molecule has 6 heteroatoms. The van der Waals surface area contributed by atoms with Crippen LogP contribution in [0.5, 0.6) is 0 Å². The van der Waals surface area contributed by atoms with E-state index in [-0.39, 0.29) is 17.4 Å². The second kappa shape index (κ2) is 6.24. The third-order valence-electron chi connectivity index (χ3n) is 4.80. The predicted molar refractivity (Wildman–Crippen MR) is 79.7 cm³/mol. The van der Waals surface area contributed by atoms with Crippen LogP contribution in [0.2, 0.25) is 0 Å². The smallest absolute Gasteiger partial charge is 0.327 e. The first-order valence-electron chi connectivity index (χ1n) is 7.39. The minimum Gasteiger partial charge on any atom is -0.480 e. The van der Waals surface area contributed by atoms with Crippen molar-refractivity contribution in [2.45, 2.75) is 57.5 Å². The van der Waals surface area contributed by atoms with Gasteiger partial charge in [-0.1, -0.05) is 20.3 Å². The van der Waals surface area contributed by atoms with Crippen molar-refractivity contribution in [1.82, 2.24) is 10.2 Å². The fourth-order valence-corrected chi connectivity index (χ4v) is 4.57. The zero-order valence-electron chi connectivity index (χ0n) is 12.3. The highest BCUT2D eigenvalue weighted by Crippen LogP contribution is 2.35. The molecule has 2 amide bonds. The molecule has 5 atom stereocenters. The van der Waals surface area contributed by atoms with Crippen LogP contribution in [-0.4, -0.2) is 45.2 Å². The van der Waals surface area contributed by atoms with E-state index in [1.54, 1.807) is 0 Å². The minimum absolute atomic E-state index is 0.0743. The SMILES string of the molecule is CCC1CCC(NC(=O)N2C(C)SCC2C(=O)O)C1C. The molecular weight excluding hydrogens is 276 g/mol. The van der Waals surface area contributed by atoms with E-state index < -0.39 is 12.0 Å². The maximum absolute atomic E-state index is 12.4. The van der Waals surface area contributed by atoms with E-state index in [0.29, 0.717) is 17.6 Å². The van der Waals surface area contributed by atoms with Crippen molar-refractivity contribution in [2.24, 2.45) is 11.8 Å². The first-order valence-corrected chi connectivity index (χ1v) is 8.43. The average molecular weight is 300 g/mol. The molecular formula is C14H24N2O3S. The van der Waals surface area contributed by atoms with E-state index in [2.05, 4.69) is 19.2 Å². The first kappa shape index (κ1) is 15.5. The van der Waals surface area contributed by atoms with Crippen molar-refractivity contribution >= 4 is 23.8 Å². The normalized spacial score (nSPS) is 37.1. The molecule has 1 saturated heterocycles. The molecule has 5 unspecified atom stereocenters. The van der Waals surface area contributed by atoms with Gasteiger partial charge in [0.2, 0.25) is 0 Å². The van der Waals surface area contributed by atoms with E-state index in [1.165, 1.54) is 16.7 Å². The highest BCUT2D eigenvalue weighted by molar-refractivity contribution is 8.00. The number of carbonyl (C=O) groups excluding carboxylic acids is 1. The third-order valence-corrected chi connectivity index (χ3v) is 6.02. The fraction of sp³-hybridized carbons (Fsp3) is 0.857. The molecule has 1 aliphatic carbocycles. The van der Waals surface area contributed by atoms with Gasteiger partial charge < -0.3 is 10.4 Å². The van der Waals surface area contributed by atoms with Crippen molar-refractivity contribution in [3.63, 3.8) is 0 Å². The zero-order valence-corrected chi connectivity index (χ0v) is 13.2. The summed E-state index contributed by atoms with van der Waals surface area (Å²) in [7, 11) is 0. The topological polar surface area (TPSA) is 69.6 Å². The lowest BCUT2D eigenvalue weighted by molar-refractivity contribution is -0.141. The van der Waals surface area contributed by atoms with E-state index in [9.17, 15) is 14.7 Å². The van der Waals surface area contributed by atoms with Gasteiger partial charge in [0.25, 0.3) is 0 Å². The second-order valence-corrected chi connectivity index (χ2v) is 7.20. The van der Waals surface area contributed by atoms with Gasteiger partial charge in [-0.2, -0.15) is 0 Å². The van der Waals surface area contributed by atoms with Crippen LogP contribution in [0.15, 0.2) is 0 Å². The van der Waals surface area contributed by atoms with Gasteiger partial charge in [0.1, 0.15) is 6.04 Å². The Hall–Kier alpha value is -0.910. The van der Waals surface area contributed by atoms with E-state index in [0.717, 1.165) is 19.3 Å². The number of hydrogen-bond acceptors (Lipinski definition) is 3. The Morgan fingerprint density at radius 2 is 2.05 bits per heavy atom. The van der Waals surface area contributed by atoms with Crippen LogP contribution in [0.3, 0.4) is 0 Å². The summed E-state index contributed by atoms with van der Waals surface area (Å²) in [6.07, 6.45) is 3.29. The third kappa shape index (κ3) is 2.90. The standard InChI is InChI=1S/C14H24N2O3S/c1-4-10-5-6-11(8(10)2)15-14(19)16-9(3)20-7-12(16)13(17)18/h8-12H,4-7H2,1-3H3,(H,15,19)(H,17,18). The number of rotatable bonds is 3. The van der Waals surface area contributed by atoms with Crippen LogP contribution in [0.25, 0.3) is 0 Å². The van der Waals surface area contributed by atoms with Crippen LogP contribution < -0.4 is 5.32 Å². The molecule has 0 aromatic carbocycles. The van der Waals surface area contributed by atoms with Crippen LogP contribution >= 0.6 is 11.8 Å². The molecule has 20 heavy (non-hydrogen) atoms. The highest BCUT2D eigenvalue weighted by Gasteiger charge is 2.41. The molecule has 1 saturated carbocycles. The summed E-state index contributed by atoms with van der Waals surface area (Å²) >= 11 is 1.52. The van der Waals surface area contributed by atoms with Crippen LogP contribution in [0.4, 0.5) is 4.79 Å². The Morgan fingerprint density at radius 1 is 1.35 bits per heavy atom. The number of thioether (sulfide) groups is 1. The molecule has 2 fully saturated rings. The molecule has 0 aromatic heterocycles. The number of aliphatic carboxylic acids is 1. The zero-order chi connectivity index (χ0) is 14.9. The number of urea groups is 1. The Morgan fingerprint density at radius 3 is 2.60 bits per heavy atom. The van der Waals surface area contributed by atoms with Crippen LogP contribution in [0, 0.1) is 11.8 Å². The number of hydrogen-bond donors (Lipinski definition) is 2. The molecule has 2 aliphatic rings. The quantitative estimate of drug-likeness (QED) is 0.839. The predicted octanol–water partition coefficient (Wildman–Crippen LogP) is 2.37. The fourth-order valence-electron chi connectivity index (χ4n) is 3.40. The maximum atomic E-state index is 12.4. The number of nitrogens with one attached hydrogen (secondary N) is 1. The van der Waals surface area contributed by atoms with Gasteiger partial charge in [0.15, 0.2) is 0 Å². The Labute approximate surface area is 124 Å². The van der Waals surface area contributed by atoms with Gasteiger partial charge in [0.05, 0.1) is 5.37 Å². The Bertz CT molecular complexity index is 391. The van der Waals surface area contributed by atoms with Gasteiger partial charge in [0, 0.05) is 11.8 Å². The summed E-state index contributed by atoms with van der Waals surface area (Å²) in [4.78, 5) is 25.1. The summed E-state index contributed by atoms with van der Waals surface area (Å²) in [6.45, 7) is 6.26. The molecule has 0 spiro atoms. The minimum atomic E-state index is -0.914. The number of amides is 2. The largest absolute Gasteiger partial charge is 0.480 e. The molecule has 1 heterocycles. The molecule has 0 aromatic rings. The Kier molecular flexibility index (Phi) is 4.83. The molecule has 1 aliphatic heterocycles. The molecule has 5 nitrogen and oxygen atoms in total. The summed E-state index contributed by atoms with van der Waals surface area (Å²) in [5.74, 6) is 0.698. The molecule has 0 radical (unpaired) electrons. The van der Waals surface area contributed by atoms with Crippen LogP contribution in [-0.2, 0) is 4.79 Å². The van der Waals surface area contributed by atoms with Crippen molar-refractivity contribution in [3.8, 4) is 0 Å². The first-order chi connectivity index (χ1) is 9.45. The monoisotopic (exact) mass is 300 g/mol. The van der Waals surface area contributed by atoms with E-state index >= 15 is 0 Å². The van der Waals surface area contributed by atoms with Gasteiger partial charge in [-0.15, -0.1) is 11.8 Å². The molecule has 2 N–H and O–H groups in total. The average Bonchev–Trinajstić information content (AvgIpc) is 2.94. The lowest BCUT2D eigenvalue weighted by Gasteiger charge is -2.29. The lowest BCUT2D eigenvalue weighted by atomic mass is 9.93. The highest BCUT2D eigenvalue weighted by atomic mass is 32.2. The summed E-state index contributed by atoms with van der Waals surface area (Å²) in [5.41, 5.74) is 0. The van der Waals surface area contributed by atoms with Gasteiger partial charge in [-0.05, 0) is 31.6 Å². The van der Waals surface area contributed by atoms with Crippen LogP contribution in [0.1, 0.15) is 40.0 Å². The number of carboxylic acid groups (broad SMARTS) is 1. The Balaban J connectivity index is 1.99. The number of carboxylic acids is 1. The molecule has 2 rings (SSSR count). The van der Waals surface area contributed by atoms with Gasteiger partial charge in [-0.25, -0.2) is 9.59 Å². The van der Waals surface area contributed by atoms with Crippen molar-refractivity contribution in [1.29, 1.82) is 0 Å². The van der Waals surface area contributed by atoms with Gasteiger partial charge in [-0.3, -0.25) is 4.90 Å². The van der Waals surface area contributed by atoms with E-state index in [4.69, 9.17) is 0 Å². The summed E-state index contributed by atoms with van der Waals surface area (Å²) in [6, 6.07) is -0.739. The summed E-state index contributed by atoms with van der Waals surface area (Å²) in [5, 5.41) is 12.2. The number of nitrogens with zero attached hydrogens (tertiary/aromatic N) is 1. The molecule has 114 valence electrons. The van der Waals surface area contributed by atoms with Crippen molar-refractivity contribution in [3.05, 3.63) is 0 Å². The maximum Gasteiger partial charge on any atom is 0.327 e. The van der Waals surface area contributed by atoms with Crippen molar-refractivity contribution < 1.29 is 14.7 Å². The second-order valence-electron chi connectivity index (χ2n) is 5.85. The lowest BCUT2D eigenvalue weighted by Crippen LogP contribution is -2.52. The molecule has 0 bridgehead atoms. The van der Waals surface area contributed by atoms with E-state index in [1.807, 2.05) is 6.92 Å². The summed E-state index contributed by atoms with van der Waals surface area (Å²) < 4.78 is 0. The van der Waals surface area contributed by atoms with Crippen molar-refractivity contribution in [2.75, 3.05) is 5.75 Å². The van der Waals surface area contributed by atoms with Gasteiger partial charge >= 0.3 is 12.0 Å².